The Kier molecular flexibility index (Phi) is 2.09. The molecule has 1 heterocycles. The van der Waals surface area contributed by atoms with Gasteiger partial charge < -0.3 is 5.32 Å². The second-order valence-electron chi connectivity index (χ2n) is 3.03. The Balaban J connectivity index is 0.000000810. The molecule has 0 spiro atoms. The van der Waals surface area contributed by atoms with Gasteiger partial charge in [0.2, 0.25) is 0 Å². The fourth-order valence-electron chi connectivity index (χ4n) is 1.12. The highest BCUT2D eigenvalue weighted by Gasteiger charge is 2.26. The predicted octanol–water partition coefficient (Wildman–Crippen LogP) is 0.544. The number of likely N-dealkylation sites (N-methyl/N-ethyl adjacent to an activating group) is 1. The molecule has 0 amide bonds. The number of nitrogens with zero attached hydrogens (tertiary/aromatic N) is 1. The van der Waals surface area contributed by atoms with Gasteiger partial charge in [-0.1, -0.05) is 0 Å². The Morgan fingerprint density at radius 3 is 2.44 bits per heavy atom. The monoisotopic (exact) mass is 130 g/mol. The first-order valence-electron chi connectivity index (χ1n) is 3.65. The highest BCUT2D eigenvalue weighted by atomic mass is 15.3. The molecule has 0 unspecified atom stereocenters. The lowest BCUT2D eigenvalue weighted by atomic mass is 10.1. The first-order chi connectivity index (χ1) is 4.24. The van der Waals surface area contributed by atoms with E-state index in [1.165, 1.54) is 13.1 Å². The largest absolute Gasteiger partial charge is 0.315 e. The Hall–Kier alpha value is -0.0800. The van der Waals surface area contributed by atoms with Gasteiger partial charge in [-0.15, -0.1) is 0 Å². The topological polar surface area (TPSA) is 15.3 Å². The van der Waals surface area contributed by atoms with E-state index in [-0.39, 0.29) is 1.43 Å². The third-order valence-corrected chi connectivity index (χ3v) is 2.05. The molecular weight excluding hydrogens is 112 g/mol. The van der Waals surface area contributed by atoms with E-state index in [0.29, 0.717) is 0 Å². The minimum absolute atomic E-state index is 0. The summed E-state index contributed by atoms with van der Waals surface area (Å²) in [4.78, 5) is 2.46. The average Bonchev–Trinajstić information content (AvgIpc) is 1.61. The van der Waals surface area contributed by atoms with Crippen LogP contribution in [0.4, 0.5) is 0 Å². The Morgan fingerprint density at radius 2 is 2.11 bits per heavy atom. The van der Waals surface area contributed by atoms with E-state index >= 15 is 0 Å². The van der Waals surface area contributed by atoms with Crippen LogP contribution in [0.15, 0.2) is 0 Å². The summed E-state index contributed by atoms with van der Waals surface area (Å²) in [5.41, 5.74) is 0. The summed E-state index contributed by atoms with van der Waals surface area (Å²) >= 11 is 0. The fourth-order valence-corrected chi connectivity index (χ4v) is 1.12. The van der Waals surface area contributed by atoms with Crippen LogP contribution in [-0.2, 0) is 0 Å². The molecule has 0 bridgehead atoms. The Bertz CT molecular complexity index is 89.6. The molecule has 0 aromatic carbocycles. The molecule has 1 saturated heterocycles. The van der Waals surface area contributed by atoms with E-state index in [2.05, 4.69) is 24.1 Å². The SMILES string of the molecule is CNC1CN(C(C)C)C1.[HH]. The normalized spacial score (nSPS) is 22.7. The van der Waals surface area contributed by atoms with Crippen molar-refractivity contribution in [3.05, 3.63) is 0 Å². The van der Waals surface area contributed by atoms with Crippen LogP contribution >= 0.6 is 0 Å². The quantitative estimate of drug-likeness (QED) is 0.587. The van der Waals surface area contributed by atoms with Gasteiger partial charge in [0.05, 0.1) is 0 Å². The maximum atomic E-state index is 3.24. The fraction of sp³-hybridized carbons (Fsp3) is 1.00. The lowest BCUT2D eigenvalue weighted by Crippen LogP contribution is -2.59. The summed E-state index contributed by atoms with van der Waals surface area (Å²) in [6, 6.07) is 1.49. The van der Waals surface area contributed by atoms with Crippen molar-refractivity contribution in [3.63, 3.8) is 0 Å². The second kappa shape index (κ2) is 2.67. The maximum Gasteiger partial charge on any atom is 0.0320 e. The van der Waals surface area contributed by atoms with Crippen LogP contribution in [0.5, 0.6) is 0 Å². The van der Waals surface area contributed by atoms with Crippen LogP contribution in [0.1, 0.15) is 15.3 Å². The summed E-state index contributed by atoms with van der Waals surface area (Å²) in [5.74, 6) is 0. The van der Waals surface area contributed by atoms with E-state index in [9.17, 15) is 0 Å². The number of hydrogen-bond acceptors (Lipinski definition) is 2. The van der Waals surface area contributed by atoms with Gasteiger partial charge >= 0.3 is 0 Å². The van der Waals surface area contributed by atoms with Gasteiger partial charge in [0.25, 0.3) is 0 Å². The molecular formula is C7H18N2. The van der Waals surface area contributed by atoms with E-state index < -0.39 is 0 Å². The van der Waals surface area contributed by atoms with Crippen molar-refractivity contribution in [2.24, 2.45) is 0 Å². The smallest absolute Gasteiger partial charge is 0.0320 e. The molecule has 1 aliphatic rings. The Labute approximate surface area is 58.7 Å². The van der Waals surface area contributed by atoms with Gasteiger partial charge in [0.15, 0.2) is 0 Å². The first kappa shape index (κ1) is 7.03. The molecule has 56 valence electrons. The van der Waals surface area contributed by atoms with Crippen LogP contribution in [0, 0.1) is 0 Å². The summed E-state index contributed by atoms with van der Waals surface area (Å²) in [6.45, 7) is 6.94. The molecule has 9 heavy (non-hydrogen) atoms. The summed E-state index contributed by atoms with van der Waals surface area (Å²) in [7, 11) is 2.03. The van der Waals surface area contributed by atoms with Gasteiger partial charge in [-0.2, -0.15) is 0 Å². The Morgan fingerprint density at radius 1 is 1.56 bits per heavy atom. The predicted molar refractivity (Wildman–Crippen MR) is 41.7 cm³/mol. The lowest BCUT2D eigenvalue weighted by molar-refractivity contribution is 0.0966. The molecule has 0 radical (unpaired) electrons. The van der Waals surface area contributed by atoms with Crippen molar-refractivity contribution in [1.82, 2.24) is 10.2 Å². The minimum Gasteiger partial charge on any atom is -0.315 e. The molecule has 0 aliphatic carbocycles. The van der Waals surface area contributed by atoms with Gasteiger partial charge in [-0.3, -0.25) is 4.90 Å². The number of nitrogens with one attached hydrogen (secondary N) is 1. The maximum absolute atomic E-state index is 3.24. The zero-order valence-corrected chi connectivity index (χ0v) is 6.52. The molecule has 2 nitrogen and oxygen atoms in total. The van der Waals surface area contributed by atoms with Crippen molar-refractivity contribution in [2.75, 3.05) is 20.1 Å². The third-order valence-electron chi connectivity index (χ3n) is 2.05. The van der Waals surface area contributed by atoms with E-state index in [1.807, 2.05) is 7.05 Å². The molecule has 0 aromatic heterocycles. The van der Waals surface area contributed by atoms with Crippen LogP contribution in [0.3, 0.4) is 0 Å². The molecule has 0 saturated carbocycles. The van der Waals surface area contributed by atoms with Crippen LogP contribution in [0.2, 0.25) is 0 Å². The van der Waals surface area contributed by atoms with Crippen molar-refractivity contribution in [1.29, 1.82) is 0 Å². The van der Waals surface area contributed by atoms with Crippen LogP contribution < -0.4 is 5.32 Å². The van der Waals surface area contributed by atoms with E-state index in [1.54, 1.807) is 0 Å². The van der Waals surface area contributed by atoms with Gasteiger partial charge in [0, 0.05) is 26.6 Å². The van der Waals surface area contributed by atoms with E-state index in [4.69, 9.17) is 0 Å². The van der Waals surface area contributed by atoms with Crippen LogP contribution in [-0.4, -0.2) is 37.1 Å². The van der Waals surface area contributed by atoms with E-state index in [0.717, 1.165) is 12.1 Å². The zero-order valence-electron chi connectivity index (χ0n) is 6.52. The number of hydrogen-bond donors (Lipinski definition) is 1. The zero-order chi connectivity index (χ0) is 6.85. The first-order valence-corrected chi connectivity index (χ1v) is 3.65. The summed E-state index contributed by atoms with van der Waals surface area (Å²) in [5, 5.41) is 3.24. The average molecular weight is 130 g/mol. The lowest BCUT2D eigenvalue weighted by Gasteiger charge is -2.41. The number of likely N-dealkylation sites (tertiary alicyclic amines) is 1. The van der Waals surface area contributed by atoms with Gasteiger partial charge in [-0.25, -0.2) is 0 Å². The molecule has 2 heteroatoms. The van der Waals surface area contributed by atoms with Gasteiger partial charge in [0.1, 0.15) is 0 Å². The highest BCUT2D eigenvalue weighted by Crippen LogP contribution is 2.10. The third kappa shape index (κ3) is 1.43. The summed E-state index contributed by atoms with van der Waals surface area (Å²) in [6.07, 6.45) is 0. The second-order valence-corrected chi connectivity index (χ2v) is 3.03. The van der Waals surface area contributed by atoms with Gasteiger partial charge in [-0.05, 0) is 20.9 Å². The summed E-state index contributed by atoms with van der Waals surface area (Å²) < 4.78 is 0. The van der Waals surface area contributed by atoms with Crippen molar-refractivity contribution < 1.29 is 1.43 Å². The molecule has 0 atom stereocenters. The van der Waals surface area contributed by atoms with Crippen molar-refractivity contribution in [3.8, 4) is 0 Å². The molecule has 0 aromatic rings. The minimum atomic E-state index is 0. The molecule has 1 N–H and O–H groups in total. The van der Waals surface area contributed by atoms with Crippen molar-refractivity contribution in [2.45, 2.75) is 25.9 Å². The highest BCUT2D eigenvalue weighted by molar-refractivity contribution is 4.86. The molecule has 1 rings (SSSR count). The number of rotatable bonds is 2. The molecule has 1 aliphatic heterocycles. The standard InChI is InChI=1S/C7H16N2.H2/c1-6(2)9-4-7(5-9)8-3;/h6-8H,4-5H2,1-3H3;1H. The molecule has 1 fully saturated rings. The van der Waals surface area contributed by atoms with Crippen molar-refractivity contribution >= 4 is 0 Å². The van der Waals surface area contributed by atoms with Crippen LogP contribution in [0.25, 0.3) is 0 Å².